The van der Waals surface area contributed by atoms with Crippen LogP contribution in [0, 0.1) is 0 Å². The number of amides is 2. The molecular formula is C18H20BrN3O2. The van der Waals surface area contributed by atoms with Crippen LogP contribution in [0.3, 0.4) is 0 Å². The molecule has 0 saturated heterocycles. The fraction of sp³-hybridized carbons (Fsp3) is 0.222. The largest absolute Gasteiger partial charge is 0.346 e. The number of carbonyl (C=O) groups is 2. The Hall–Kier alpha value is -2.18. The van der Waals surface area contributed by atoms with E-state index in [1.165, 1.54) is 0 Å². The Balaban J connectivity index is 1.71. The van der Waals surface area contributed by atoms with E-state index in [-0.39, 0.29) is 30.9 Å². The molecule has 0 unspecified atom stereocenters. The molecule has 6 heteroatoms. The van der Waals surface area contributed by atoms with Gasteiger partial charge in [0.15, 0.2) is 0 Å². The van der Waals surface area contributed by atoms with E-state index in [2.05, 4.69) is 31.9 Å². The molecule has 0 aliphatic carbocycles. The maximum atomic E-state index is 11.9. The number of hydrogen-bond acceptors (Lipinski definition) is 3. The van der Waals surface area contributed by atoms with Gasteiger partial charge in [0.1, 0.15) is 0 Å². The van der Waals surface area contributed by atoms with Crippen molar-refractivity contribution >= 4 is 33.4 Å². The summed E-state index contributed by atoms with van der Waals surface area (Å²) in [5, 5.41) is 8.47. The summed E-state index contributed by atoms with van der Waals surface area (Å²) in [7, 11) is 0. The number of para-hydroxylation sites is 1. The lowest BCUT2D eigenvalue weighted by Crippen LogP contribution is -2.39. The molecule has 2 amide bonds. The van der Waals surface area contributed by atoms with Gasteiger partial charge < -0.3 is 16.0 Å². The van der Waals surface area contributed by atoms with Gasteiger partial charge in [0.2, 0.25) is 11.8 Å². The van der Waals surface area contributed by atoms with Crippen molar-refractivity contribution in [3.63, 3.8) is 0 Å². The number of hydrogen-bond donors (Lipinski definition) is 3. The van der Waals surface area contributed by atoms with Crippen LogP contribution >= 0.6 is 15.9 Å². The van der Waals surface area contributed by atoms with Gasteiger partial charge in [-0.3, -0.25) is 9.59 Å². The average Bonchev–Trinajstić information content (AvgIpc) is 2.60. The van der Waals surface area contributed by atoms with Crippen molar-refractivity contribution in [2.24, 2.45) is 0 Å². The average molecular weight is 390 g/mol. The van der Waals surface area contributed by atoms with Crippen LogP contribution in [0.4, 0.5) is 5.69 Å². The third kappa shape index (κ3) is 5.79. The zero-order chi connectivity index (χ0) is 17.4. The molecule has 3 N–H and O–H groups in total. The molecule has 0 aromatic heterocycles. The second-order valence-corrected chi connectivity index (χ2v) is 6.17. The fourth-order valence-corrected chi connectivity index (χ4v) is 2.49. The van der Waals surface area contributed by atoms with Gasteiger partial charge in [0.25, 0.3) is 0 Å². The second-order valence-electron chi connectivity index (χ2n) is 5.32. The Morgan fingerprint density at radius 3 is 2.33 bits per heavy atom. The number of anilines is 1. The first-order valence-electron chi connectivity index (χ1n) is 7.65. The summed E-state index contributed by atoms with van der Waals surface area (Å²) in [6.45, 7) is 2.07. The Bertz CT molecular complexity index is 692. The molecule has 0 bridgehead atoms. The standard InChI is InChI=1S/C18H20BrN3O2/c1-13(14-7-3-2-4-8-14)20-11-17(23)21-12-18(24)22-16-10-6-5-9-15(16)19/h2-10,13,20H,11-12H2,1H3,(H,21,23)(H,22,24)/t13-/m1/s1. The van der Waals surface area contributed by atoms with Gasteiger partial charge in [-0.15, -0.1) is 0 Å². The van der Waals surface area contributed by atoms with E-state index in [4.69, 9.17) is 0 Å². The van der Waals surface area contributed by atoms with Gasteiger partial charge >= 0.3 is 0 Å². The third-order valence-electron chi connectivity index (χ3n) is 3.46. The van der Waals surface area contributed by atoms with Gasteiger partial charge in [0.05, 0.1) is 18.8 Å². The SMILES string of the molecule is C[C@@H](NCC(=O)NCC(=O)Nc1ccccc1Br)c1ccccc1. The molecule has 0 saturated carbocycles. The van der Waals surface area contributed by atoms with Gasteiger partial charge in [-0.1, -0.05) is 42.5 Å². The van der Waals surface area contributed by atoms with Crippen LogP contribution < -0.4 is 16.0 Å². The highest BCUT2D eigenvalue weighted by Crippen LogP contribution is 2.20. The molecule has 0 heterocycles. The summed E-state index contributed by atoms with van der Waals surface area (Å²) in [6, 6.07) is 17.2. The zero-order valence-electron chi connectivity index (χ0n) is 13.4. The predicted octanol–water partition coefficient (Wildman–Crippen LogP) is 2.85. The summed E-state index contributed by atoms with van der Waals surface area (Å²) >= 11 is 3.36. The molecule has 24 heavy (non-hydrogen) atoms. The molecule has 1 atom stereocenters. The first kappa shape index (κ1) is 18.2. The maximum absolute atomic E-state index is 11.9. The minimum atomic E-state index is -0.272. The van der Waals surface area contributed by atoms with Crippen LogP contribution in [0.15, 0.2) is 59.1 Å². The highest BCUT2D eigenvalue weighted by Gasteiger charge is 2.09. The molecule has 0 spiro atoms. The van der Waals surface area contributed by atoms with Gasteiger partial charge in [0, 0.05) is 10.5 Å². The summed E-state index contributed by atoms with van der Waals surface area (Å²) < 4.78 is 0.794. The van der Waals surface area contributed by atoms with Crippen molar-refractivity contribution in [3.05, 3.63) is 64.6 Å². The fourth-order valence-electron chi connectivity index (χ4n) is 2.10. The molecule has 0 aliphatic rings. The highest BCUT2D eigenvalue weighted by atomic mass is 79.9. The summed E-state index contributed by atoms with van der Waals surface area (Å²) in [6.07, 6.45) is 0. The number of rotatable bonds is 7. The predicted molar refractivity (Wildman–Crippen MR) is 98.6 cm³/mol. The smallest absolute Gasteiger partial charge is 0.243 e. The topological polar surface area (TPSA) is 70.2 Å². The second kappa shape index (κ2) is 9.20. The van der Waals surface area contributed by atoms with Gasteiger partial charge in [-0.2, -0.15) is 0 Å². The molecule has 5 nitrogen and oxygen atoms in total. The Kier molecular flexibility index (Phi) is 6.96. The van der Waals surface area contributed by atoms with E-state index in [0.717, 1.165) is 10.0 Å². The summed E-state index contributed by atoms with van der Waals surface area (Å²) in [5.41, 5.74) is 1.78. The Labute approximate surface area is 150 Å². The highest BCUT2D eigenvalue weighted by molar-refractivity contribution is 9.10. The van der Waals surface area contributed by atoms with Crippen molar-refractivity contribution in [2.45, 2.75) is 13.0 Å². The van der Waals surface area contributed by atoms with Crippen LogP contribution in [0.5, 0.6) is 0 Å². The van der Waals surface area contributed by atoms with E-state index in [1.807, 2.05) is 55.5 Å². The van der Waals surface area contributed by atoms with Gasteiger partial charge in [-0.05, 0) is 40.5 Å². The normalized spacial score (nSPS) is 11.6. The zero-order valence-corrected chi connectivity index (χ0v) is 15.0. The molecule has 0 aliphatic heterocycles. The molecule has 0 radical (unpaired) electrons. The Morgan fingerprint density at radius 2 is 1.62 bits per heavy atom. The maximum Gasteiger partial charge on any atom is 0.243 e. The van der Waals surface area contributed by atoms with E-state index in [1.54, 1.807) is 6.07 Å². The van der Waals surface area contributed by atoms with Crippen LogP contribution in [-0.2, 0) is 9.59 Å². The molecule has 2 aromatic rings. The van der Waals surface area contributed by atoms with E-state index >= 15 is 0 Å². The lowest BCUT2D eigenvalue weighted by Gasteiger charge is -2.14. The van der Waals surface area contributed by atoms with Crippen molar-refractivity contribution in [2.75, 3.05) is 18.4 Å². The van der Waals surface area contributed by atoms with Crippen LogP contribution in [0.25, 0.3) is 0 Å². The number of nitrogens with one attached hydrogen (secondary N) is 3. The third-order valence-corrected chi connectivity index (χ3v) is 4.15. The van der Waals surface area contributed by atoms with Gasteiger partial charge in [-0.25, -0.2) is 0 Å². The number of carbonyl (C=O) groups excluding carboxylic acids is 2. The van der Waals surface area contributed by atoms with E-state index < -0.39 is 0 Å². The summed E-state index contributed by atoms with van der Waals surface area (Å²) in [5.74, 6) is -0.494. The van der Waals surface area contributed by atoms with Crippen molar-refractivity contribution < 1.29 is 9.59 Å². The van der Waals surface area contributed by atoms with Crippen LogP contribution in [0.2, 0.25) is 0 Å². The minimum Gasteiger partial charge on any atom is -0.346 e. The van der Waals surface area contributed by atoms with E-state index in [9.17, 15) is 9.59 Å². The number of halogens is 1. The van der Waals surface area contributed by atoms with Crippen LogP contribution in [-0.4, -0.2) is 24.9 Å². The van der Waals surface area contributed by atoms with E-state index in [0.29, 0.717) is 5.69 Å². The van der Waals surface area contributed by atoms with Crippen LogP contribution in [0.1, 0.15) is 18.5 Å². The van der Waals surface area contributed by atoms with Crippen molar-refractivity contribution in [1.82, 2.24) is 10.6 Å². The first-order valence-corrected chi connectivity index (χ1v) is 8.45. The lowest BCUT2D eigenvalue weighted by molar-refractivity contribution is -0.123. The lowest BCUT2D eigenvalue weighted by atomic mass is 10.1. The molecule has 2 aromatic carbocycles. The molecule has 2 rings (SSSR count). The minimum absolute atomic E-state index is 0.0612. The summed E-state index contributed by atoms with van der Waals surface area (Å²) in [4.78, 5) is 23.7. The Morgan fingerprint density at radius 1 is 0.958 bits per heavy atom. The monoisotopic (exact) mass is 389 g/mol. The first-order chi connectivity index (χ1) is 11.6. The molecule has 126 valence electrons. The van der Waals surface area contributed by atoms with Crippen molar-refractivity contribution in [1.29, 1.82) is 0 Å². The molecular weight excluding hydrogens is 370 g/mol. The number of benzene rings is 2. The van der Waals surface area contributed by atoms with Crippen molar-refractivity contribution in [3.8, 4) is 0 Å². The quantitative estimate of drug-likeness (QED) is 0.681. The molecule has 0 fully saturated rings.